The summed E-state index contributed by atoms with van der Waals surface area (Å²) < 4.78 is 37.2. The van der Waals surface area contributed by atoms with Gasteiger partial charge in [-0.1, -0.05) is 16.8 Å². The molecule has 2 N–H and O–H groups in total. The largest absolute Gasteiger partial charge is 0.507 e. The lowest BCUT2D eigenvalue weighted by molar-refractivity contribution is 0.284. The highest BCUT2D eigenvalue weighted by atomic mass is 35.5. The minimum absolute atomic E-state index is 0.106. The van der Waals surface area contributed by atoms with Crippen LogP contribution in [0.3, 0.4) is 0 Å². The molecular weight excluding hydrogens is 274 g/mol. The first-order valence-electron chi connectivity index (χ1n) is 4.09. The maximum absolute atomic E-state index is 10.2. The predicted molar refractivity (Wildman–Crippen MR) is 59.9 cm³/mol. The Labute approximate surface area is 102 Å². The van der Waals surface area contributed by atoms with Crippen LogP contribution < -0.4 is 4.74 Å². The van der Waals surface area contributed by atoms with Gasteiger partial charge in [-0.2, -0.15) is 8.42 Å². The number of ether oxygens (including phenoxy) is 1. The smallest absolute Gasteiger partial charge is 0.466 e. The highest BCUT2D eigenvalue weighted by Gasteiger charge is 2.08. The summed E-state index contributed by atoms with van der Waals surface area (Å²) in [6, 6.07) is 2.50. The molecule has 0 heterocycles. The van der Waals surface area contributed by atoms with E-state index in [9.17, 15) is 13.5 Å². The van der Waals surface area contributed by atoms with Gasteiger partial charge in [0.05, 0.1) is 18.3 Å². The molecule has 94 valence electrons. The van der Waals surface area contributed by atoms with Crippen LogP contribution in [0.15, 0.2) is 17.3 Å². The standard InChI is InChI=1S/C8H8ClNO6S/c1-15-8-2-5(7(11)3-6(8)9)4-10-16-17(12,13)14/h2-4,11H,1H3,(H,12,13,14)/b10-4+. The van der Waals surface area contributed by atoms with Gasteiger partial charge in [0.15, 0.2) is 0 Å². The zero-order valence-corrected chi connectivity index (χ0v) is 10.1. The van der Waals surface area contributed by atoms with Crippen LogP contribution in [0.2, 0.25) is 5.02 Å². The fraction of sp³-hybridized carbons (Fsp3) is 0.125. The first-order valence-corrected chi connectivity index (χ1v) is 5.83. The normalized spacial score (nSPS) is 11.7. The number of phenolic OH excluding ortho intramolecular Hbond substituents is 1. The van der Waals surface area contributed by atoms with E-state index in [0.29, 0.717) is 0 Å². The summed E-state index contributed by atoms with van der Waals surface area (Å²) in [5, 5.41) is 12.6. The summed E-state index contributed by atoms with van der Waals surface area (Å²) in [5.41, 5.74) is 0.106. The Hall–Kier alpha value is -1.51. The Morgan fingerprint density at radius 3 is 2.65 bits per heavy atom. The van der Waals surface area contributed by atoms with Crippen molar-refractivity contribution in [1.29, 1.82) is 0 Å². The van der Waals surface area contributed by atoms with E-state index in [1.165, 1.54) is 19.2 Å². The molecule has 1 rings (SSSR count). The quantitative estimate of drug-likeness (QED) is 0.488. The maximum atomic E-state index is 10.2. The summed E-state index contributed by atoms with van der Waals surface area (Å²) in [6.45, 7) is 0. The van der Waals surface area contributed by atoms with Crippen molar-refractivity contribution >= 4 is 28.2 Å². The van der Waals surface area contributed by atoms with Crippen molar-refractivity contribution in [2.24, 2.45) is 5.16 Å². The third kappa shape index (κ3) is 4.10. The van der Waals surface area contributed by atoms with E-state index >= 15 is 0 Å². The third-order valence-electron chi connectivity index (χ3n) is 1.63. The van der Waals surface area contributed by atoms with Crippen LogP contribution in [0, 0.1) is 0 Å². The zero-order chi connectivity index (χ0) is 13.1. The average molecular weight is 282 g/mol. The second kappa shape index (κ2) is 5.21. The minimum Gasteiger partial charge on any atom is -0.507 e. The van der Waals surface area contributed by atoms with Gasteiger partial charge in [-0.15, -0.1) is 0 Å². The van der Waals surface area contributed by atoms with Gasteiger partial charge >= 0.3 is 10.4 Å². The first-order chi connectivity index (χ1) is 7.83. The van der Waals surface area contributed by atoms with Gasteiger partial charge in [0.1, 0.15) is 11.5 Å². The zero-order valence-electron chi connectivity index (χ0n) is 8.49. The number of hydrogen-bond acceptors (Lipinski definition) is 6. The third-order valence-corrected chi connectivity index (χ3v) is 2.20. The number of hydrogen-bond donors (Lipinski definition) is 2. The molecule has 7 nitrogen and oxygen atoms in total. The lowest BCUT2D eigenvalue weighted by Crippen LogP contribution is -1.98. The number of benzene rings is 1. The van der Waals surface area contributed by atoms with Crippen molar-refractivity contribution in [1.82, 2.24) is 0 Å². The van der Waals surface area contributed by atoms with E-state index in [4.69, 9.17) is 20.9 Å². The van der Waals surface area contributed by atoms with Crippen LogP contribution in [0.5, 0.6) is 11.5 Å². The number of rotatable bonds is 4. The molecule has 0 atom stereocenters. The van der Waals surface area contributed by atoms with Crippen LogP contribution in [-0.2, 0) is 14.7 Å². The van der Waals surface area contributed by atoms with Crippen molar-refractivity contribution in [3.63, 3.8) is 0 Å². The molecule has 1 aromatic carbocycles. The average Bonchev–Trinajstić information content (AvgIpc) is 2.19. The molecule has 0 amide bonds. The lowest BCUT2D eigenvalue weighted by atomic mass is 10.2. The molecular formula is C8H8ClNO6S. The van der Waals surface area contributed by atoms with Crippen LogP contribution in [0.4, 0.5) is 0 Å². The number of halogens is 1. The summed E-state index contributed by atoms with van der Waals surface area (Å²) in [7, 11) is -3.30. The highest BCUT2D eigenvalue weighted by molar-refractivity contribution is 7.80. The summed E-state index contributed by atoms with van der Waals surface area (Å²) in [4.78, 5) is 0. The van der Waals surface area contributed by atoms with Gasteiger partial charge in [0, 0.05) is 11.6 Å². The van der Waals surface area contributed by atoms with Gasteiger partial charge < -0.3 is 9.84 Å². The van der Waals surface area contributed by atoms with Gasteiger partial charge in [0.25, 0.3) is 0 Å². The molecule has 0 fully saturated rings. The van der Waals surface area contributed by atoms with Crippen molar-refractivity contribution < 1.29 is 27.1 Å². The summed E-state index contributed by atoms with van der Waals surface area (Å²) in [6.07, 6.45) is 0.877. The fourth-order valence-electron chi connectivity index (χ4n) is 0.951. The number of aromatic hydroxyl groups is 1. The summed E-state index contributed by atoms with van der Waals surface area (Å²) in [5.74, 6) is 0.0104. The van der Waals surface area contributed by atoms with Crippen molar-refractivity contribution in [3.05, 3.63) is 22.7 Å². The molecule has 0 aliphatic heterocycles. The monoisotopic (exact) mass is 281 g/mol. The Balaban J connectivity index is 2.99. The van der Waals surface area contributed by atoms with Crippen LogP contribution in [0.1, 0.15) is 5.56 Å². The number of oxime groups is 1. The number of nitrogens with zero attached hydrogens (tertiary/aromatic N) is 1. The fourth-order valence-corrected chi connectivity index (χ4v) is 1.34. The maximum Gasteiger partial charge on any atom is 0.466 e. The predicted octanol–water partition coefficient (Wildman–Crippen LogP) is 1.21. The molecule has 0 spiro atoms. The lowest BCUT2D eigenvalue weighted by Gasteiger charge is -2.05. The Kier molecular flexibility index (Phi) is 4.16. The molecule has 17 heavy (non-hydrogen) atoms. The first kappa shape index (κ1) is 13.6. The molecule has 0 saturated carbocycles. The second-order valence-corrected chi connectivity index (χ2v) is 4.19. The van der Waals surface area contributed by atoms with E-state index < -0.39 is 10.4 Å². The second-order valence-electron chi connectivity index (χ2n) is 2.78. The number of phenols is 1. The summed E-state index contributed by atoms with van der Waals surface area (Å²) >= 11 is 5.71. The van der Waals surface area contributed by atoms with Crippen LogP contribution in [-0.4, -0.2) is 31.4 Å². The molecule has 0 radical (unpaired) electrons. The van der Waals surface area contributed by atoms with E-state index in [-0.39, 0.29) is 22.1 Å². The van der Waals surface area contributed by atoms with E-state index in [0.717, 1.165) is 6.21 Å². The molecule has 1 aromatic rings. The molecule has 0 aromatic heterocycles. The topological polar surface area (TPSA) is 105 Å². The van der Waals surface area contributed by atoms with Gasteiger partial charge in [0.2, 0.25) is 0 Å². The van der Waals surface area contributed by atoms with Gasteiger partial charge in [-0.05, 0) is 6.07 Å². The highest BCUT2D eigenvalue weighted by Crippen LogP contribution is 2.30. The molecule has 0 aliphatic carbocycles. The Bertz CT molecular complexity index is 541. The molecule has 0 bridgehead atoms. The van der Waals surface area contributed by atoms with Crippen molar-refractivity contribution in [2.75, 3.05) is 7.11 Å². The SMILES string of the molecule is COc1cc(/C=N/OS(=O)(=O)O)c(O)cc1Cl. The Morgan fingerprint density at radius 2 is 2.12 bits per heavy atom. The van der Waals surface area contributed by atoms with E-state index in [2.05, 4.69) is 9.44 Å². The van der Waals surface area contributed by atoms with Crippen LogP contribution in [0.25, 0.3) is 0 Å². The van der Waals surface area contributed by atoms with Crippen molar-refractivity contribution in [2.45, 2.75) is 0 Å². The Morgan fingerprint density at radius 1 is 1.47 bits per heavy atom. The molecule has 9 heteroatoms. The van der Waals surface area contributed by atoms with Gasteiger partial charge in [-0.3, -0.25) is 4.55 Å². The van der Waals surface area contributed by atoms with Crippen molar-refractivity contribution in [3.8, 4) is 11.5 Å². The molecule has 0 aliphatic rings. The van der Waals surface area contributed by atoms with Gasteiger partial charge in [-0.25, -0.2) is 4.28 Å². The van der Waals surface area contributed by atoms with Crippen LogP contribution >= 0.6 is 11.6 Å². The molecule has 0 unspecified atom stereocenters. The minimum atomic E-state index is -4.67. The number of methoxy groups -OCH3 is 1. The van der Waals surface area contributed by atoms with E-state index in [1.54, 1.807) is 0 Å². The van der Waals surface area contributed by atoms with E-state index in [1.807, 2.05) is 0 Å². The molecule has 0 saturated heterocycles.